The van der Waals surface area contributed by atoms with Crippen LogP contribution in [0.5, 0.6) is 0 Å². The molecule has 0 radical (unpaired) electrons. The van der Waals surface area contributed by atoms with Crippen molar-refractivity contribution >= 4 is 63.3 Å². The molecule has 1 fully saturated rings. The highest BCUT2D eigenvalue weighted by Crippen LogP contribution is 2.32. The number of thioether (sulfide) groups is 1. The first-order valence-electron chi connectivity index (χ1n) is 8.28. The SMILES string of the molecule is Cc1ccc(NC(=O)C[C@@H]2SC(=Nc3ccc(F)c(Cl)c3)N(C)C2=O)cc1Cl. The predicted molar refractivity (Wildman–Crippen MR) is 112 cm³/mol. The van der Waals surface area contributed by atoms with Gasteiger partial charge in [0.25, 0.3) is 0 Å². The molecule has 2 aromatic carbocycles. The van der Waals surface area contributed by atoms with Crippen LogP contribution in [0.4, 0.5) is 15.8 Å². The van der Waals surface area contributed by atoms with Crippen LogP contribution < -0.4 is 5.32 Å². The number of amides is 2. The summed E-state index contributed by atoms with van der Waals surface area (Å²) in [6.45, 7) is 1.87. The molecule has 146 valence electrons. The molecule has 1 N–H and O–H groups in total. The average molecular weight is 440 g/mol. The number of rotatable bonds is 4. The summed E-state index contributed by atoms with van der Waals surface area (Å²) in [6.07, 6.45) is -0.0114. The molecule has 2 amide bonds. The van der Waals surface area contributed by atoms with Gasteiger partial charge in [0, 0.05) is 24.2 Å². The third-order valence-electron chi connectivity index (χ3n) is 4.09. The minimum absolute atomic E-state index is 0.0114. The Kier molecular flexibility index (Phi) is 6.27. The van der Waals surface area contributed by atoms with E-state index >= 15 is 0 Å². The molecule has 1 aliphatic heterocycles. The van der Waals surface area contributed by atoms with Gasteiger partial charge in [0.15, 0.2) is 5.17 Å². The van der Waals surface area contributed by atoms with Gasteiger partial charge in [-0.25, -0.2) is 9.38 Å². The molecule has 1 heterocycles. The van der Waals surface area contributed by atoms with Gasteiger partial charge in [0.05, 0.1) is 10.7 Å². The molecule has 0 bridgehead atoms. The van der Waals surface area contributed by atoms with Gasteiger partial charge in [0.1, 0.15) is 11.1 Å². The summed E-state index contributed by atoms with van der Waals surface area (Å²) in [7, 11) is 1.58. The second kappa shape index (κ2) is 8.51. The summed E-state index contributed by atoms with van der Waals surface area (Å²) in [4.78, 5) is 30.5. The van der Waals surface area contributed by atoms with Crippen molar-refractivity contribution in [3.05, 3.63) is 57.8 Å². The van der Waals surface area contributed by atoms with Crippen molar-refractivity contribution in [3.8, 4) is 0 Å². The number of carbonyl (C=O) groups excluding carboxylic acids is 2. The van der Waals surface area contributed by atoms with Gasteiger partial charge in [-0.2, -0.15) is 0 Å². The zero-order valence-electron chi connectivity index (χ0n) is 15.0. The van der Waals surface area contributed by atoms with Crippen LogP contribution in [0.1, 0.15) is 12.0 Å². The first-order valence-corrected chi connectivity index (χ1v) is 9.92. The van der Waals surface area contributed by atoms with Crippen molar-refractivity contribution in [3.63, 3.8) is 0 Å². The van der Waals surface area contributed by atoms with E-state index in [2.05, 4.69) is 10.3 Å². The van der Waals surface area contributed by atoms with Gasteiger partial charge in [0.2, 0.25) is 11.8 Å². The molecule has 3 rings (SSSR count). The van der Waals surface area contributed by atoms with Gasteiger partial charge in [-0.1, -0.05) is 41.0 Å². The Balaban J connectivity index is 1.68. The highest BCUT2D eigenvalue weighted by Gasteiger charge is 2.37. The Morgan fingerprint density at radius 1 is 1.25 bits per heavy atom. The van der Waals surface area contributed by atoms with E-state index in [9.17, 15) is 14.0 Å². The van der Waals surface area contributed by atoms with Crippen LogP contribution in [-0.4, -0.2) is 34.2 Å². The maximum atomic E-state index is 13.3. The lowest BCUT2D eigenvalue weighted by molar-refractivity contribution is -0.127. The molecule has 1 aliphatic rings. The van der Waals surface area contributed by atoms with Crippen molar-refractivity contribution in [2.45, 2.75) is 18.6 Å². The molecule has 0 unspecified atom stereocenters. The molecular formula is C19H16Cl2FN3O2S. The molecule has 0 spiro atoms. The van der Waals surface area contributed by atoms with Crippen LogP contribution >= 0.6 is 35.0 Å². The second-order valence-corrected chi connectivity index (χ2v) is 8.20. The third kappa shape index (κ3) is 4.66. The number of anilines is 1. The zero-order chi connectivity index (χ0) is 20.4. The number of hydrogen-bond acceptors (Lipinski definition) is 4. The van der Waals surface area contributed by atoms with E-state index in [1.165, 1.54) is 34.9 Å². The molecule has 0 aliphatic carbocycles. The largest absolute Gasteiger partial charge is 0.326 e. The summed E-state index contributed by atoms with van der Waals surface area (Å²) in [5.41, 5.74) is 1.90. The highest BCUT2D eigenvalue weighted by molar-refractivity contribution is 8.15. The van der Waals surface area contributed by atoms with Crippen molar-refractivity contribution in [2.75, 3.05) is 12.4 Å². The number of nitrogens with one attached hydrogen (secondary N) is 1. The topological polar surface area (TPSA) is 61.8 Å². The summed E-state index contributed by atoms with van der Waals surface area (Å²) in [6, 6.07) is 9.27. The van der Waals surface area contributed by atoms with Crippen LogP contribution in [-0.2, 0) is 9.59 Å². The van der Waals surface area contributed by atoms with E-state index in [0.717, 1.165) is 5.56 Å². The van der Waals surface area contributed by atoms with E-state index in [-0.39, 0.29) is 23.3 Å². The van der Waals surface area contributed by atoms with Crippen molar-refractivity contribution in [1.82, 2.24) is 4.90 Å². The highest BCUT2D eigenvalue weighted by atomic mass is 35.5. The van der Waals surface area contributed by atoms with Crippen LogP contribution in [0.3, 0.4) is 0 Å². The molecule has 2 aromatic rings. The lowest BCUT2D eigenvalue weighted by atomic mass is 10.2. The first kappa shape index (κ1) is 20.6. The molecule has 5 nitrogen and oxygen atoms in total. The Morgan fingerprint density at radius 3 is 2.68 bits per heavy atom. The number of amidine groups is 1. The molecule has 9 heteroatoms. The normalized spacial score (nSPS) is 18.0. The minimum atomic E-state index is -0.597. The summed E-state index contributed by atoms with van der Waals surface area (Å²) in [5, 5.41) is 3.07. The number of carbonyl (C=O) groups is 2. The summed E-state index contributed by atoms with van der Waals surface area (Å²) >= 11 is 13.0. The lowest BCUT2D eigenvalue weighted by Crippen LogP contribution is -2.30. The summed E-state index contributed by atoms with van der Waals surface area (Å²) in [5.74, 6) is -1.07. The van der Waals surface area contributed by atoms with E-state index in [1.54, 1.807) is 25.2 Å². The zero-order valence-corrected chi connectivity index (χ0v) is 17.3. The molecule has 1 atom stereocenters. The Labute approximate surface area is 175 Å². The number of halogens is 3. The Bertz CT molecular complexity index is 984. The Morgan fingerprint density at radius 2 is 2.00 bits per heavy atom. The fraction of sp³-hybridized carbons (Fsp3) is 0.211. The molecule has 28 heavy (non-hydrogen) atoms. The lowest BCUT2D eigenvalue weighted by Gasteiger charge is -2.10. The number of aryl methyl sites for hydroxylation is 1. The number of benzene rings is 2. The fourth-order valence-electron chi connectivity index (χ4n) is 2.51. The smallest absolute Gasteiger partial charge is 0.242 e. The predicted octanol–water partition coefficient (Wildman–Crippen LogP) is 5.03. The number of hydrogen-bond donors (Lipinski definition) is 1. The van der Waals surface area contributed by atoms with Gasteiger partial charge < -0.3 is 5.32 Å². The van der Waals surface area contributed by atoms with Crippen molar-refractivity contribution in [1.29, 1.82) is 0 Å². The maximum Gasteiger partial charge on any atom is 0.242 e. The van der Waals surface area contributed by atoms with Crippen LogP contribution in [0, 0.1) is 12.7 Å². The molecule has 0 saturated carbocycles. The standard InChI is InChI=1S/C19H16Cl2FN3O2S/c1-10-3-4-11(7-13(10)20)23-17(26)9-16-18(27)25(2)19(28-16)24-12-5-6-15(22)14(21)8-12/h3-8,16H,9H2,1-2H3,(H,23,26)/t16-/m0/s1. The summed E-state index contributed by atoms with van der Waals surface area (Å²) < 4.78 is 13.3. The van der Waals surface area contributed by atoms with Crippen LogP contribution in [0.15, 0.2) is 41.4 Å². The van der Waals surface area contributed by atoms with Crippen molar-refractivity contribution < 1.29 is 14.0 Å². The van der Waals surface area contributed by atoms with Crippen LogP contribution in [0.25, 0.3) is 0 Å². The molecule has 0 aromatic heterocycles. The second-order valence-electron chi connectivity index (χ2n) is 6.21. The van der Waals surface area contributed by atoms with Gasteiger partial charge in [-0.15, -0.1) is 0 Å². The minimum Gasteiger partial charge on any atom is -0.326 e. The fourth-order valence-corrected chi connectivity index (χ4v) is 4.02. The van der Waals surface area contributed by atoms with E-state index < -0.39 is 11.1 Å². The number of aliphatic imine (C=N–C) groups is 1. The van der Waals surface area contributed by atoms with Gasteiger partial charge in [-0.3, -0.25) is 14.5 Å². The monoisotopic (exact) mass is 439 g/mol. The molecule has 1 saturated heterocycles. The first-order chi connectivity index (χ1) is 13.2. The average Bonchev–Trinajstić information content (AvgIpc) is 2.89. The molecular weight excluding hydrogens is 424 g/mol. The quantitative estimate of drug-likeness (QED) is 0.726. The maximum absolute atomic E-state index is 13.3. The van der Waals surface area contributed by atoms with Gasteiger partial charge in [-0.05, 0) is 42.8 Å². The van der Waals surface area contributed by atoms with E-state index in [4.69, 9.17) is 23.2 Å². The van der Waals surface area contributed by atoms with Gasteiger partial charge >= 0.3 is 0 Å². The van der Waals surface area contributed by atoms with Crippen LogP contribution in [0.2, 0.25) is 10.0 Å². The Hall–Kier alpha value is -2.09. The number of nitrogens with zero attached hydrogens (tertiary/aromatic N) is 2. The van der Waals surface area contributed by atoms with Crippen molar-refractivity contribution in [2.24, 2.45) is 4.99 Å². The third-order valence-corrected chi connectivity index (χ3v) is 6.02. The van der Waals surface area contributed by atoms with E-state index in [1.807, 2.05) is 6.92 Å². The van der Waals surface area contributed by atoms with E-state index in [0.29, 0.717) is 21.6 Å².